The van der Waals surface area contributed by atoms with Crippen molar-refractivity contribution in [2.45, 2.75) is 308 Å². The molecule has 0 aromatic heterocycles. The number of amides is 1. The molecular formula is C58H109NO5. The first-order valence-electron chi connectivity index (χ1n) is 28.0. The van der Waals surface area contributed by atoms with Gasteiger partial charge >= 0.3 is 0 Å². The van der Waals surface area contributed by atoms with Crippen LogP contribution in [0.5, 0.6) is 0 Å². The van der Waals surface area contributed by atoms with Gasteiger partial charge in [-0.05, 0) is 89.9 Å². The summed E-state index contributed by atoms with van der Waals surface area (Å²) in [5, 5.41) is 43.9. The summed E-state index contributed by atoms with van der Waals surface area (Å²) in [4.78, 5) is 12.6. The van der Waals surface area contributed by atoms with Gasteiger partial charge in [0.05, 0.1) is 18.8 Å². The minimum Gasteiger partial charge on any atom is -0.394 e. The van der Waals surface area contributed by atoms with Crippen molar-refractivity contribution in [2.75, 3.05) is 6.61 Å². The van der Waals surface area contributed by atoms with Gasteiger partial charge in [0.1, 0.15) is 12.2 Å². The molecule has 376 valence electrons. The zero-order valence-corrected chi connectivity index (χ0v) is 42.5. The van der Waals surface area contributed by atoms with Crippen LogP contribution in [-0.4, -0.2) is 57.3 Å². The number of carbonyl (C=O) groups excluding carboxylic acids is 1. The van der Waals surface area contributed by atoms with E-state index in [0.717, 1.165) is 51.4 Å². The number of aliphatic hydroxyl groups excluding tert-OH is 4. The topological polar surface area (TPSA) is 110 Å². The van der Waals surface area contributed by atoms with Crippen LogP contribution < -0.4 is 5.32 Å². The Kier molecular flexibility index (Phi) is 50.8. The Labute approximate surface area is 398 Å². The Bertz CT molecular complexity index is 1060. The molecule has 4 atom stereocenters. The molecule has 6 heteroatoms. The van der Waals surface area contributed by atoms with Crippen LogP contribution in [0.25, 0.3) is 0 Å². The molecule has 0 bridgehead atoms. The molecule has 0 spiro atoms. The third kappa shape index (κ3) is 45.4. The summed E-state index contributed by atoms with van der Waals surface area (Å²) in [5.41, 5.74) is 0. The maximum absolute atomic E-state index is 12.6. The highest BCUT2D eigenvalue weighted by molar-refractivity contribution is 5.80. The van der Waals surface area contributed by atoms with Crippen LogP contribution in [0.4, 0.5) is 0 Å². The lowest BCUT2D eigenvalue weighted by atomic mass is 10.00. The molecule has 5 N–H and O–H groups in total. The van der Waals surface area contributed by atoms with Crippen LogP contribution in [0.3, 0.4) is 0 Å². The highest BCUT2D eigenvalue weighted by Gasteiger charge is 2.28. The summed E-state index contributed by atoms with van der Waals surface area (Å²) in [6, 6.07) is -1.01. The van der Waals surface area contributed by atoms with E-state index >= 15 is 0 Å². The molecule has 0 heterocycles. The average Bonchev–Trinajstić information content (AvgIpc) is 3.30. The van der Waals surface area contributed by atoms with Gasteiger partial charge in [-0.15, -0.1) is 0 Å². The van der Waals surface area contributed by atoms with Crippen molar-refractivity contribution in [3.05, 3.63) is 48.6 Å². The van der Waals surface area contributed by atoms with Crippen molar-refractivity contribution in [2.24, 2.45) is 0 Å². The molecule has 6 nitrogen and oxygen atoms in total. The Morgan fingerprint density at radius 2 is 0.656 bits per heavy atom. The average molecular weight is 901 g/mol. The standard InChI is InChI=1S/C58H109NO5/c1-3-5-7-9-11-13-15-17-19-21-23-24-25-26-27-28-29-30-31-32-33-34-36-38-40-42-44-46-48-50-52-56(62)58(64)59-54(53-60)57(63)55(61)51-49-47-45-43-41-39-37-35-22-20-18-16-14-12-10-8-6-4-2/h16,18,26-27,35,37,43,45,54-57,60-63H,3-15,17,19-25,28-34,36,38-42,44,46-53H2,1-2H3,(H,59,64)/b18-16+,27-26-,37-35+,45-43+. The van der Waals surface area contributed by atoms with Crippen molar-refractivity contribution in [3.63, 3.8) is 0 Å². The van der Waals surface area contributed by atoms with Gasteiger partial charge in [-0.3, -0.25) is 4.79 Å². The van der Waals surface area contributed by atoms with E-state index in [0.29, 0.717) is 19.3 Å². The van der Waals surface area contributed by atoms with E-state index in [1.54, 1.807) is 0 Å². The number of aliphatic hydroxyl groups is 4. The summed E-state index contributed by atoms with van der Waals surface area (Å²) in [6.45, 7) is 4.04. The summed E-state index contributed by atoms with van der Waals surface area (Å²) in [7, 11) is 0. The lowest BCUT2D eigenvalue weighted by molar-refractivity contribution is -0.132. The first kappa shape index (κ1) is 62.3. The van der Waals surface area contributed by atoms with E-state index in [1.807, 2.05) is 0 Å². The number of hydrogen-bond donors (Lipinski definition) is 5. The van der Waals surface area contributed by atoms with Gasteiger partial charge in [-0.1, -0.05) is 242 Å². The Balaban J connectivity index is 3.65. The predicted octanol–water partition coefficient (Wildman–Crippen LogP) is 16.2. The van der Waals surface area contributed by atoms with E-state index in [9.17, 15) is 25.2 Å². The van der Waals surface area contributed by atoms with E-state index in [-0.39, 0.29) is 0 Å². The Hall–Kier alpha value is -1.73. The van der Waals surface area contributed by atoms with Gasteiger partial charge < -0.3 is 25.7 Å². The Morgan fingerprint density at radius 3 is 0.984 bits per heavy atom. The summed E-state index contributed by atoms with van der Waals surface area (Å²) in [6.07, 6.45) is 66.1. The molecule has 0 saturated heterocycles. The third-order valence-corrected chi connectivity index (χ3v) is 13.0. The van der Waals surface area contributed by atoms with Gasteiger partial charge in [-0.2, -0.15) is 0 Å². The maximum atomic E-state index is 12.6. The smallest absolute Gasteiger partial charge is 0.249 e. The second-order valence-electron chi connectivity index (χ2n) is 19.3. The van der Waals surface area contributed by atoms with Crippen LogP contribution in [0, 0.1) is 0 Å². The van der Waals surface area contributed by atoms with Crippen LogP contribution in [0.2, 0.25) is 0 Å². The number of unbranched alkanes of at least 4 members (excludes halogenated alkanes) is 34. The van der Waals surface area contributed by atoms with Gasteiger partial charge in [-0.25, -0.2) is 0 Å². The second-order valence-corrected chi connectivity index (χ2v) is 19.3. The molecule has 0 aliphatic carbocycles. The lowest BCUT2D eigenvalue weighted by Crippen LogP contribution is -2.53. The third-order valence-electron chi connectivity index (χ3n) is 13.0. The maximum Gasteiger partial charge on any atom is 0.249 e. The van der Waals surface area contributed by atoms with Crippen LogP contribution >= 0.6 is 0 Å². The van der Waals surface area contributed by atoms with Crippen molar-refractivity contribution < 1.29 is 25.2 Å². The largest absolute Gasteiger partial charge is 0.394 e. The normalized spacial score (nSPS) is 14.2. The predicted molar refractivity (Wildman–Crippen MR) is 279 cm³/mol. The zero-order chi connectivity index (χ0) is 46.7. The first-order chi connectivity index (χ1) is 31.5. The van der Waals surface area contributed by atoms with Crippen molar-refractivity contribution >= 4 is 5.91 Å². The molecule has 0 aliphatic heterocycles. The first-order valence-corrected chi connectivity index (χ1v) is 28.0. The van der Waals surface area contributed by atoms with Gasteiger partial charge in [0.25, 0.3) is 0 Å². The highest BCUT2D eigenvalue weighted by Crippen LogP contribution is 2.17. The second kappa shape index (κ2) is 52.2. The summed E-state index contributed by atoms with van der Waals surface area (Å²) >= 11 is 0. The monoisotopic (exact) mass is 900 g/mol. The fourth-order valence-corrected chi connectivity index (χ4v) is 8.55. The number of carbonyl (C=O) groups is 1. The Morgan fingerprint density at radius 1 is 0.375 bits per heavy atom. The number of rotatable bonds is 51. The molecule has 0 aliphatic rings. The van der Waals surface area contributed by atoms with E-state index in [1.165, 1.54) is 199 Å². The minimum atomic E-state index is -1.29. The lowest BCUT2D eigenvalue weighted by Gasteiger charge is -2.27. The van der Waals surface area contributed by atoms with E-state index in [2.05, 4.69) is 67.8 Å². The van der Waals surface area contributed by atoms with E-state index < -0.39 is 36.9 Å². The SMILES string of the molecule is CCCCCCC/C=C/CC/C=C/CC/C=C/CCCC(O)C(O)C(CO)NC(=O)C(O)CCCCCCCCCCCCCCCC/C=C\CCCCCCCCCCCCCC. The van der Waals surface area contributed by atoms with Crippen LogP contribution in [0.1, 0.15) is 284 Å². The molecule has 0 aromatic rings. The molecule has 0 rings (SSSR count). The van der Waals surface area contributed by atoms with E-state index in [4.69, 9.17) is 0 Å². The van der Waals surface area contributed by atoms with Crippen LogP contribution in [0.15, 0.2) is 48.6 Å². The highest BCUT2D eigenvalue weighted by atomic mass is 16.3. The minimum absolute atomic E-state index is 0.359. The molecule has 0 fully saturated rings. The quantitative estimate of drug-likeness (QED) is 0.0309. The van der Waals surface area contributed by atoms with Gasteiger partial charge in [0, 0.05) is 0 Å². The molecule has 1 amide bonds. The number of allylic oxidation sites excluding steroid dienone is 8. The van der Waals surface area contributed by atoms with Crippen molar-refractivity contribution in [1.82, 2.24) is 5.32 Å². The number of hydrogen-bond acceptors (Lipinski definition) is 5. The number of nitrogens with one attached hydrogen (secondary N) is 1. The van der Waals surface area contributed by atoms with Gasteiger partial charge in [0.15, 0.2) is 0 Å². The molecule has 64 heavy (non-hydrogen) atoms. The van der Waals surface area contributed by atoms with Crippen LogP contribution in [-0.2, 0) is 4.79 Å². The summed E-state index contributed by atoms with van der Waals surface area (Å²) < 4.78 is 0. The molecule has 0 saturated carbocycles. The molecular weight excluding hydrogens is 791 g/mol. The molecule has 4 unspecified atom stereocenters. The van der Waals surface area contributed by atoms with Gasteiger partial charge in [0.2, 0.25) is 5.91 Å². The molecule has 0 aromatic carbocycles. The fourth-order valence-electron chi connectivity index (χ4n) is 8.55. The van der Waals surface area contributed by atoms with Crippen molar-refractivity contribution in [3.8, 4) is 0 Å². The fraction of sp³-hybridized carbons (Fsp3) is 0.845. The molecule has 0 radical (unpaired) electrons. The van der Waals surface area contributed by atoms with Crippen molar-refractivity contribution in [1.29, 1.82) is 0 Å². The zero-order valence-electron chi connectivity index (χ0n) is 42.5. The summed E-state index contributed by atoms with van der Waals surface area (Å²) in [5.74, 6) is -0.598.